The average molecular weight is 310 g/mol. The van der Waals surface area contributed by atoms with Gasteiger partial charge in [-0.15, -0.1) is 0 Å². The van der Waals surface area contributed by atoms with Gasteiger partial charge in [-0.2, -0.15) is 0 Å². The minimum absolute atomic E-state index is 0.0675. The van der Waals surface area contributed by atoms with Crippen molar-refractivity contribution in [1.29, 1.82) is 0 Å². The molecule has 1 N–H and O–H groups in total. The Morgan fingerprint density at radius 1 is 1.05 bits per heavy atom. The summed E-state index contributed by atoms with van der Waals surface area (Å²) >= 11 is 0. The number of nitrogens with one attached hydrogen (secondary N) is 1. The second kappa shape index (κ2) is 12.2. The molecule has 0 unspecified atom stereocenters. The Balaban J connectivity index is 1.78. The summed E-state index contributed by atoms with van der Waals surface area (Å²) in [5.41, 5.74) is 8.15. The van der Waals surface area contributed by atoms with Crippen molar-refractivity contribution in [3.05, 3.63) is 10.4 Å². The number of azide groups is 1. The molecule has 0 radical (unpaired) electrons. The van der Waals surface area contributed by atoms with Crippen LogP contribution in [0.25, 0.3) is 10.4 Å². The Labute approximate surface area is 133 Å². The molecular formula is C16H30N4O2. The molecule has 1 heterocycles. The van der Waals surface area contributed by atoms with E-state index >= 15 is 0 Å². The minimum atomic E-state index is -0.267. The van der Waals surface area contributed by atoms with Crippen LogP contribution in [0.2, 0.25) is 0 Å². The predicted octanol–water partition coefficient (Wildman–Crippen LogP) is 5.08. The lowest BCUT2D eigenvalue weighted by molar-refractivity contribution is 0.126. The summed E-state index contributed by atoms with van der Waals surface area (Å²) < 4.78 is 5.20. The molecule has 0 aromatic carbocycles. The number of carbonyl (C=O) groups is 1. The van der Waals surface area contributed by atoms with E-state index < -0.39 is 0 Å². The van der Waals surface area contributed by atoms with Crippen LogP contribution in [0.3, 0.4) is 0 Å². The molecule has 1 rings (SSSR count). The van der Waals surface area contributed by atoms with E-state index in [-0.39, 0.29) is 18.2 Å². The molecule has 6 nitrogen and oxygen atoms in total. The van der Waals surface area contributed by atoms with Crippen LogP contribution < -0.4 is 5.32 Å². The molecule has 0 bridgehead atoms. The number of nitrogens with zero attached hydrogens (tertiary/aromatic N) is 3. The van der Waals surface area contributed by atoms with Crippen LogP contribution in [0.1, 0.15) is 77.6 Å². The monoisotopic (exact) mass is 310 g/mol. The second-order valence-electron chi connectivity index (χ2n) is 6.16. The van der Waals surface area contributed by atoms with Gasteiger partial charge in [-0.3, -0.25) is 0 Å². The van der Waals surface area contributed by atoms with Crippen molar-refractivity contribution in [3.63, 3.8) is 0 Å². The molecule has 1 saturated heterocycles. The number of amides is 1. The molecule has 1 fully saturated rings. The molecule has 6 heteroatoms. The normalized spacial score (nSPS) is 20.3. The van der Waals surface area contributed by atoms with Crippen molar-refractivity contribution in [2.24, 2.45) is 5.11 Å². The highest BCUT2D eigenvalue weighted by molar-refractivity contribution is 5.70. The first-order chi connectivity index (χ1) is 10.7. The van der Waals surface area contributed by atoms with E-state index in [4.69, 9.17) is 10.3 Å². The van der Waals surface area contributed by atoms with Gasteiger partial charge in [0.1, 0.15) is 6.10 Å². The Morgan fingerprint density at radius 3 is 2.09 bits per heavy atom. The van der Waals surface area contributed by atoms with Crippen molar-refractivity contribution in [1.82, 2.24) is 5.32 Å². The molecule has 1 amide bonds. The molecule has 0 saturated carbocycles. The number of hydrogen-bond donors (Lipinski definition) is 1. The number of ether oxygens (including phenoxy) is 1. The molecule has 0 aromatic heterocycles. The summed E-state index contributed by atoms with van der Waals surface area (Å²) in [6, 6.07) is 0.159. The van der Waals surface area contributed by atoms with Crippen molar-refractivity contribution >= 4 is 6.09 Å². The average Bonchev–Trinajstić information content (AvgIpc) is 2.82. The smallest absolute Gasteiger partial charge is 0.407 e. The van der Waals surface area contributed by atoms with Gasteiger partial charge >= 0.3 is 6.09 Å². The third-order valence-electron chi connectivity index (χ3n) is 4.22. The zero-order valence-corrected chi connectivity index (χ0v) is 13.8. The summed E-state index contributed by atoms with van der Waals surface area (Å²) in [6.45, 7) is 2.64. The summed E-state index contributed by atoms with van der Waals surface area (Å²) in [6.07, 6.45) is 13.1. The molecule has 0 aromatic rings. The maximum absolute atomic E-state index is 11.0. The topological polar surface area (TPSA) is 87.1 Å². The lowest BCUT2D eigenvalue weighted by Crippen LogP contribution is -2.27. The van der Waals surface area contributed by atoms with E-state index in [9.17, 15) is 4.79 Å². The Morgan fingerprint density at radius 2 is 1.59 bits per heavy atom. The quantitative estimate of drug-likeness (QED) is 0.222. The fourth-order valence-corrected chi connectivity index (χ4v) is 2.85. The Kier molecular flexibility index (Phi) is 10.3. The highest BCUT2D eigenvalue weighted by Crippen LogP contribution is 2.17. The number of cyclic esters (lactones) is 1. The summed E-state index contributed by atoms with van der Waals surface area (Å²) in [5.74, 6) is 0. The van der Waals surface area contributed by atoms with E-state index in [0.29, 0.717) is 6.54 Å². The number of carbonyl (C=O) groups excluding carboxylic acids is 1. The first kappa shape index (κ1) is 18.6. The van der Waals surface area contributed by atoms with Crippen molar-refractivity contribution in [2.75, 3.05) is 6.54 Å². The molecular weight excluding hydrogens is 280 g/mol. The van der Waals surface area contributed by atoms with Crippen LogP contribution in [0, 0.1) is 0 Å². The van der Waals surface area contributed by atoms with Crippen LogP contribution in [0.4, 0.5) is 4.79 Å². The molecule has 0 aliphatic carbocycles. The maximum Gasteiger partial charge on any atom is 0.407 e. The van der Waals surface area contributed by atoms with Gasteiger partial charge in [-0.25, -0.2) is 4.79 Å². The van der Waals surface area contributed by atoms with Crippen LogP contribution in [-0.4, -0.2) is 24.8 Å². The first-order valence-electron chi connectivity index (χ1n) is 8.72. The molecule has 22 heavy (non-hydrogen) atoms. The first-order valence-corrected chi connectivity index (χ1v) is 8.72. The van der Waals surface area contributed by atoms with Gasteiger partial charge in [0.25, 0.3) is 0 Å². The molecule has 126 valence electrons. The number of hydrogen-bond acceptors (Lipinski definition) is 3. The number of alkyl carbamates (subject to hydrolysis) is 1. The Bertz CT molecular complexity index is 356. The lowest BCUT2D eigenvalue weighted by atomic mass is 10.0. The van der Waals surface area contributed by atoms with Crippen LogP contribution in [-0.2, 0) is 4.74 Å². The summed E-state index contributed by atoms with van der Waals surface area (Å²) in [7, 11) is 0. The van der Waals surface area contributed by atoms with Gasteiger partial charge in [0, 0.05) is 11.5 Å². The number of unbranched alkanes of at least 4 members (excludes halogenated alkanes) is 9. The predicted molar refractivity (Wildman–Crippen MR) is 87.7 cm³/mol. The molecule has 2 atom stereocenters. The zero-order chi connectivity index (χ0) is 16.0. The van der Waals surface area contributed by atoms with Gasteiger partial charge in [-0.1, -0.05) is 56.5 Å². The molecule has 0 spiro atoms. The Hall–Kier alpha value is -1.42. The van der Waals surface area contributed by atoms with Gasteiger partial charge in [-0.05, 0) is 31.7 Å². The molecule has 1 aliphatic heterocycles. The summed E-state index contributed by atoms with van der Waals surface area (Å²) in [4.78, 5) is 13.8. The maximum atomic E-state index is 11.0. The lowest BCUT2D eigenvalue weighted by Gasteiger charge is -2.12. The van der Waals surface area contributed by atoms with Crippen molar-refractivity contribution < 1.29 is 9.53 Å². The van der Waals surface area contributed by atoms with Gasteiger partial charge in [0.2, 0.25) is 0 Å². The van der Waals surface area contributed by atoms with Crippen LogP contribution in [0.15, 0.2) is 5.11 Å². The fourth-order valence-electron chi connectivity index (χ4n) is 2.85. The van der Waals surface area contributed by atoms with E-state index in [1.54, 1.807) is 0 Å². The SMILES string of the molecule is C[C@@H]1NC(=O)O[C@@H]1CCCCCCCCCCCCN=[N+]=[N-]. The largest absolute Gasteiger partial charge is 0.444 e. The third-order valence-corrected chi connectivity index (χ3v) is 4.22. The minimum Gasteiger partial charge on any atom is -0.444 e. The molecule has 1 aliphatic rings. The van der Waals surface area contributed by atoms with E-state index in [2.05, 4.69) is 15.3 Å². The summed E-state index contributed by atoms with van der Waals surface area (Å²) in [5, 5.41) is 6.31. The van der Waals surface area contributed by atoms with Gasteiger partial charge in [0.05, 0.1) is 6.04 Å². The van der Waals surface area contributed by atoms with Gasteiger partial charge < -0.3 is 10.1 Å². The second-order valence-corrected chi connectivity index (χ2v) is 6.16. The van der Waals surface area contributed by atoms with Crippen LogP contribution in [0.5, 0.6) is 0 Å². The number of rotatable bonds is 13. The van der Waals surface area contributed by atoms with E-state index in [0.717, 1.165) is 19.3 Å². The highest BCUT2D eigenvalue weighted by atomic mass is 16.6. The van der Waals surface area contributed by atoms with Crippen molar-refractivity contribution in [2.45, 2.75) is 89.7 Å². The third kappa shape index (κ3) is 8.78. The van der Waals surface area contributed by atoms with E-state index in [1.165, 1.54) is 51.4 Å². The standard InChI is InChI=1S/C16H30N4O2/c1-14-15(22-16(21)19-14)12-10-8-6-4-2-3-5-7-9-11-13-18-20-17/h14-15H,2-13H2,1H3,(H,19,21)/t14-,15+/m0/s1. The van der Waals surface area contributed by atoms with Crippen molar-refractivity contribution in [3.8, 4) is 0 Å². The van der Waals surface area contributed by atoms with E-state index in [1.807, 2.05) is 6.92 Å². The zero-order valence-electron chi connectivity index (χ0n) is 13.8. The fraction of sp³-hybridized carbons (Fsp3) is 0.938. The van der Waals surface area contributed by atoms with Gasteiger partial charge in [0.15, 0.2) is 0 Å². The van der Waals surface area contributed by atoms with Crippen LogP contribution >= 0.6 is 0 Å². The highest BCUT2D eigenvalue weighted by Gasteiger charge is 2.29.